The monoisotopic (exact) mass is 409 g/mol. The van der Waals surface area contributed by atoms with Crippen molar-refractivity contribution >= 4 is 5.91 Å². The first-order chi connectivity index (χ1) is 14.8. The molecule has 4 heterocycles. The second-order valence-corrected chi connectivity index (χ2v) is 10.2. The Bertz CT molecular complexity index is 699. The van der Waals surface area contributed by atoms with Crippen LogP contribution in [-0.2, 0) is 11.3 Å². The minimum absolute atomic E-state index is 0.402. The van der Waals surface area contributed by atoms with E-state index >= 15 is 0 Å². The number of carbonyl (C=O) groups is 1. The number of nitrogens with zero attached hydrogens (tertiary/aromatic N) is 3. The van der Waals surface area contributed by atoms with E-state index in [9.17, 15) is 4.79 Å². The number of hydrogen-bond acceptors (Lipinski definition) is 3. The van der Waals surface area contributed by atoms with Crippen molar-refractivity contribution in [2.24, 2.45) is 11.8 Å². The highest BCUT2D eigenvalue weighted by Crippen LogP contribution is 2.43. The van der Waals surface area contributed by atoms with Crippen LogP contribution in [0.5, 0.6) is 0 Å². The van der Waals surface area contributed by atoms with E-state index in [1.807, 2.05) is 0 Å². The molecule has 4 atom stereocenters. The molecule has 0 saturated carbocycles. The molecule has 0 N–H and O–H groups in total. The smallest absolute Gasteiger partial charge is 0.222 e. The molecule has 4 aliphatic rings. The summed E-state index contributed by atoms with van der Waals surface area (Å²) < 4.78 is 0. The summed E-state index contributed by atoms with van der Waals surface area (Å²) in [6.07, 6.45) is 10.9. The van der Waals surface area contributed by atoms with Crippen molar-refractivity contribution in [2.45, 2.75) is 76.4 Å². The maximum Gasteiger partial charge on any atom is 0.222 e. The molecule has 0 spiro atoms. The maximum absolute atomic E-state index is 12.6. The van der Waals surface area contributed by atoms with E-state index in [1.54, 1.807) is 0 Å². The Morgan fingerprint density at radius 1 is 0.933 bits per heavy atom. The first kappa shape index (κ1) is 20.5. The van der Waals surface area contributed by atoms with Crippen LogP contribution in [0.3, 0.4) is 0 Å². The lowest BCUT2D eigenvalue weighted by molar-refractivity contribution is -0.130. The van der Waals surface area contributed by atoms with Gasteiger partial charge >= 0.3 is 0 Å². The molecule has 1 aromatic carbocycles. The normalized spacial score (nSPS) is 32.2. The van der Waals surface area contributed by atoms with Gasteiger partial charge in [0.2, 0.25) is 5.91 Å². The Kier molecular flexibility index (Phi) is 6.42. The molecule has 1 unspecified atom stereocenters. The van der Waals surface area contributed by atoms with Gasteiger partial charge in [0.15, 0.2) is 0 Å². The number of rotatable bonds is 6. The molecule has 164 valence electrons. The third kappa shape index (κ3) is 4.31. The lowest BCUT2D eigenvalue weighted by Crippen LogP contribution is -2.64. The largest absolute Gasteiger partial charge is 0.343 e. The summed E-state index contributed by atoms with van der Waals surface area (Å²) >= 11 is 0. The fraction of sp³-hybridized carbons (Fsp3) is 0.731. The Morgan fingerprint density at radius 3 is 2.50 bits per heavy atom. The molecular weight excluding hydrogens is 370 g/mol. The van der Waals surface area contributed by atoms with Gasteiger partial charge in [0, 0.05) is 44.7 Å². The number of piperidine rings is 3. The van der Waals surface area contributed by atoms with E-state index in [2.05, 4.69) is 45.0 Å². The van der Waals surface area contributed by atoms with Gasteiger partial charge in [-0.1, -0.05) is 30.3 Å². The number of hydrogen-bond donors (Lipinski definition) is 0. The SMILES string of the molecule is O=C(CCCC1[C@H]2CCCN3CCC[C@@H](CN1Cc1ccccc1)[C@@H]23)N1CCCC1. The molecule has 1 aromatic rings. The Morgan fingerprint density at radius 2 is 1.70 bits per heavy atom. The molecular formula is C26H39N3O. The van der Waals surface area contributed by atoms with Gasteiger partial charge in [-0.2, -0.15) is 0 Å². The lowest BCUT2D eigenvalue weighted by Gasteiger charge is -2.57. The van der Waals surface area contributed by atoms with E-state index in [4.69, 9.17) is 0 Å². The van der Waals surface area contributed by atoms with Crippen LogP contribution in [0.25, 0.3) is 0 Å². The zero-order valence-electron chi connectivity index (χ0n) is 18.6. The van der Waals surface area contributed by atoms with Gasteiger partial charge < -0.3 is 4.90 Å². The molecule has 30 heavy (non-hydrogen) atoms. The first-order valence-corrected chi connectivity index (χ1v) is 12.6. The fourth-order valence-electron chi connectivity index (χ4n) is 7.07. The Hall–Kier alpha value is -1.39. The van der Waals surface area contributed by atoms with Crippen LogP contribution in [0.1, 0.15) is 63.4 Å². The molecule has 4 aliphatic heterocycles. The molecule has 0 bridgehead atoms. The predicted octanol–water partition coefficient (Wildman–Crippen LogP) is 4.15. The summed E-state index contributed by atoms with van der Waals surface area (Å²) in [6, 6.07) is 12.5. The van der Waals surface area contributed by atoms with Crippen LogP contribution in [0.2, 0.25) is 0 Å². The van der Waals surface area contributed by atoms with E-state index in [-0.39, 0.29) is 0 Å². The maximum atomic E-state index is 12.6. The van der Waals surface area contributed by atoms with Crippen molar-refractivity contribution < 1.29 is 4.79 Å². The van der Waals surface area contributed by atoms with Crippen LogP contribution in [0.4, 0.5) is 0 Å². The number of likely N-dealkylation sites (tertiary alicyclic amines) is 2. The van der Waals surface area contributed by atoms with Crippen molar-refractivity contribution in [1.82, 2.24) is 14.7 Å². The average Bonchev–Trinajstić information content (AvgIpc) is 3.32. The second-order valence-electron chi connectivity index (χ2n) is 10.2. The van der Waals surface area contributed by atoms with Gasteiger partial charge in [-0.15, -0.1) is 0 Å². The lowest BCUT2D eigenvalue weighted by atomic mass is 9.69. The molecule has 5 rings (SSSR count). The molecule has 4 saturated heterocycles. The average molecular weight is 410 g/mol. The van der Waals surface area contributed by atoms with Crippen LogP contribution in [-0.4, -0.2) is 65.4 Å². The molecule has 0 aromatic heterocycles. The second kappa shape index (κ2) is 9.40. The number of amides is 1. The van der Waals surface area contributed by atoms with Crippen LogP contribution in [0.15, 0.2) is 30.3 Å². The van der Waals surface area contributed by atoms with Gasteiger partial charge in [0.1, 0.15) is 0 Å². The Labute approximate surface area is 182 Å². The van der Waals surface area contributed by atoms with Crippen molar-refractivity contribution in [2.75, 3.05) is 32.7 Å². The van der Waals surface area contributed by atoms with Crippen LogP contribution in [0, 0.1) is 11.8 Å². The summed E-state index contributed by atoms with van der Waals surface area (Å²) in [6.45, 7) is 6.93. The predicted molar refractivity (Wildman–Crippen MR) is 121 cm³/mol. The summed E-state index contributed by atoms with van der Waals surface area (Å²) in [5.74, 6) is 2.04. The number of benzene rings is 1. The standard InChI is InChI=1S/C26H39N3O/c30-25(27-15-4-5-16-27)14-6-13-24-23-12-8-18-28-17-7-11-22(26(23)28)20-29(24)19-21-9-2-1-3-10-21/h1-3,9-10,22-24,26H,4-8,11-20H2/t22-,23+,24?,26-/m0/s1. The highest BCUT2D eigenvalue weighted by atomic mass is 16.2. The first-order valence-electron chi connectivity index (χ1n) is 12.6. The topological polar surface area (TPSA) is 26.8 Å². The molecule has 1 amide bonds. The third-order valence-corrected chi connectivity index (χ3v) is 8.36. The molecule has 4 heteroatoms. The summed E-state index contributed by atoms with van der Waals surface area (Å²) in [5, 5.41) is 0. The zero-order chi connectivity index (χ0) is 20.3. The van der Waals surface area contributed by atoms with Gasteiger partial charge in [-0.3, -0.25) is 14.6 Å². The van der Waals surface area contributed by atoms with E-state index < -0.39 is 0 Å². The summed E-state index contributed by atoms with van der Waals surface area (Å²) in [4.78, 5) is 20.4. The van der Waals surface area contributed by atoms with Gasteiger partial charge in [0.05, 0.1) is 0 Å². The van der Waals surface area contributed by atoms with E-state index in [0.29, 0.717) is 11.9 Å². The third-order valence-electron chi connectivity index (χ3n) is 8.36. The highest BCUT2D eigenvalue weighted by Gasteiger charge is 2.48. The zero-order valence-corrected chi connectivity index (χ0v) is 18.6. The van der Waals surface area contributed by atoms with Crippen LogP contribution < -0.4 is 0 Å². The van der Waals surface area contributed by atoms with Crippen molar-refractivity contribution in [3.8, 4) is 0 Å². The van der Waals surface area contributed by atoms with Crippen molar-refractivity contribution in [3.63, 3.8) is 0 Å². The quantitative estimate of drug-likeness (QED) is 0.706. The van der Waals surface area contributed by atoms with E-state index in [0.717, 1.165) is 50.4 Å². The summed E-state index contributed by atoms with van der Waals surface area (Å²) in [5.41, 5.74) is 1.44. The summed E-state index contributed by atoms with van der Waals surface area (Å²) in [7, 11) is 0. The number of carbonyl (C=O) groups excluding carboxylic acids is 1. The van der Waals surface area contributed by atoms with Crippen LogP contribution >= 0.6 is 0 Å². The minimum atomic E-state index is 0.402. The van der Waals surface area contributed by atoms with Gasteiger partial charge in [0.25, 0.3) is 0 Å². The molecule has 4 fully saturated rings. The van der Waals surface area contributed by atoms with Crippen molar-refractivity contribution in [3.05, 3.63) is 35.9 Å². The molecule has 4 nitrogen and oxygen atoms in total. The Balaban J connectivity index is 1.29. The van der Waals surface area contributed by atoms with Gasteiger partial charge in [-0.05, 0) is 81.9 Å². The molecule has 0 radical (unpaired) electrons. The fourth-order valence-corrected chi connectivity index (χ4v) is 7.07. The minimum Gasteiger partial charge on any atom is -0.343 e. The highest BCUT2D eigenvalue weighted by molar-refractivity contribution is 5.76. The van der Waals surface area contributed by atoms with Crippen molar-refractivity contribution in [1.29, 1.82) is 0 Å². The molecule has 0 aliphatic carbocycles. The van der Waals surface area contributed by atoms with E-state index in [1.165, 1.54) is 70.1 Å². The van der Waals surface area contributed by atoms with Gasteiger partial charge in [-0.25, -0.2) is 0 Å².